The van der Waals surface area contributed by atoms with E-state index < -0.39 is 0 Å². The molecule has 0 amide bonds. The van der Waals surface area contributed by atoms with Crippen LogP contribution in [0, 0.1) is 17.2 Å². The van der Waals surface area contributed by atoms with E-state index in [2.05, 4.69) is 10.8 Å². The van der Waals surface area contributed by atoms with E-state index in [1.54, 1.807) is 7.11 Å². The van der Waals surface area contributed by atoms with Gasteiger partial charge in [0.05, 0.1) is 18.6 Å². The summed E-state index contributed by atoms with van der Waals surface area (Å²) in [4.78, 5) is 0. The summed E-state index contributed by atoms with van der Waals surface area (Å²) in [6, 6.07) is 2.08. The molecule has 0 radical (unpaired) electrons. The summed E-state index contributed by atoms with van der Waals surface area (Å²) >= 11 is 0. The Hall–Kier alpha value is -0.630. The van der Waals surface area contributed by atoms with Crippen LogP contribution in [0.25, 0.3) is 0 Å². The number of hydrogen-bond acceptors (Lipinski definition) is 4. The molecule has 2 N–H and O–H groups in total. The third-order valence-corrected chi connectivity index (χ3v) is 1.28. The first-order valence-corrected chi connectivity index (χ1v) is 3.51. The molecule has 0 saturated heterocycles. The minimum absolute atomic E-state index is 0.0909. The smallest absolute Gasteiger partial charge is 0.146 e. The molecule has 0 spiro atoms. The molecule has 0 aromatic rings. The zero-order valence-corrected chi connectivity index (χ0v) is 6.75. The predicted octanol–water partition coefficient (Wildman–Crippen LogP) is 0.0955. The normalized spacial score (nSPS) is 12.5. The summed E-state index contributed by atoms with van der Waals surface area (Å²) in [5, 5.41) is 8.47. The Morgan fingerprint density at radius 2 is 2.36 bits per heavy atom. The van der Waals surface area contributed by atoms with E-state index in [4.69, 9.17) is 15.7 Å². The molecule has 64 valence electrons. The first kappa shape index (κ1) is 10.4. The topological polar surface area (TPSA) is 68.3 Å². The summed E-state index contributed by atoms with van der Waals surface area (Å²) in [7, 11) is 1.56. The molecular formula is C7H14N2O2. The summed E-state index contributed by atoms with van der Waals surface area (Å²) in [5.41, 5.74) is 5.29. The van der Waals surface area contributed by atoms with E-state index in [0.717, 1.165) is 0 Å². The van der Waals surface area contributed by atoms with E-state index in [0.29, 0.717) is 19.6 Å². The van der Waals surface area contributed by atoms with Gasteiger partial charge in [0.25, 0.3) is 0 Å². The van der Waals surface area contributed by atoms with Crippen LogP contribution in [0.4, 0.5) is 0 Å². The van der Waals surface area contributed by atoms with Crippen LogP contribution in [0.5, 0.6) is 0 Å². The Morgan fingerprint density at radius 3 is 2.82 bits per heavy atom. The molecule has 0 fully saturated rings. The number of nitrogens with two attached hydrogens (primary N) is 1. The summed E-state index contributed by atoms with van der Waals surface area (Å²) in [6.45, 7) is 1.21. The number of nitrogens with zero attached hydrogens (tertiary/aromatic N) is 1. The van der Waals surface area contributed by atoms with Crippen molar-refractivity contribution >= 4 is 0 Å². The molecule has 1 atom stereocenters. The second kappa shape index (κ2) is 7.48. The van der Waals surface area contributed by atoms with E-state index in [-0.39, 0.29) is 12.7 Å². The number of methoxy groups -OCH3 is 1. The zero-order chi connectivity index (χ0) is 8.53. The number of ether oxygens (including phenoxy) is 2. The van der Waals surface area contributed by atoms with E-state index >= 15 is 0 Å². The standard InChI is InChI=1S/C7H14N2O2/c1-10-6-11-3-2-7(4-8)5-9/h7H,2-4,6,8H2,1H3. The zero-order valence-electron chi connectivity index (χ0n) is 6.75. The molecule has 11 heavy (non-hydrogen) atoms. The highest BCUT2D eigenvalue weighted by Gasteiger charge is 2.02. The molecule has 0 aliphatic carbocycles. The van der Waals surface area contributed by atoms with Crippen molar-refractivity contribution in [1.82, 2.24) is 0 Å². The van der Waals surface area contributed by atoms with Gasteiger partial charge in [0.1, 0.15) is 6.79 Å². The fraction of sp³-hybridized carbons (Fsp3) is 0.857. The van der Waals surface area contributed by atoms with Crippen molar-refractivity contribution in [2.24, 2.45) is 11.7 Å². The van der Waals surface area contributed by atoms with Crippen LogP contribution in [0.2, 0.25) is 0 Å². The van der Waals surface area contributed by atoms with Crippen molar-refractivity contribution in [1.29, 1.82) is 5.26 Å². The molecule has 0 bridgehead atoms. The van der Waals surface area contributed by atoms with Gasteiger partial charge >= 0.3 is 0 Å². The molecule has 4 heteroatoms. The van der Waals surface area contributed by atoms with Gasteiger partial charge in [0.15, 0.2) is 0 Å². The molecule has 4 nitrogen and oxygen atoms in total. The van der Waals surface area contributed by atoms with Gasteiger partial charge in [-0.3, -0.25) is 0 Å². The third kappa shape index (κ3) is 5.80. The minimum Gasteiger partial charge on any atom is -0.359 e. The summed E-state index contributed by atoms with van der Waals surface area (Å²) in [5.74, 6) is -0.0909. The Bertz CT molecular complexity index is 122. The first-order valence-electron chi connectivity index (χ1n) is 3.51. The number of hydrogen-bond donors (Lipinski definition) is 1. The lowest BCUT2D eigenvalue weighted by Crippen LogP contribution is -2.14. The van der Waals surface area contributed by atoms with Crippen LogP contribution < -0.4 is 5.73 Å². The van der Waals surface area contributed by atoms with Gasteiger partial charge in [-0.25, -0.2) is 0 Å². The first-order chi connectivity index (χ1) is 5.35. The lowest BCUT2D eigenvalue weighted by molar-refractivity contribution is -0.0329. The summed E-state index contributed by atoms with van der Waals surface area (Å²) < 4.78 is 9.64. The van der Waals surface area contributed by atoms with Crippen molar-refractivity contribution in [3.05, 3.63) is 0 Å². The number of nitriles is 1. The maximum atomic E-state index is 8.47. The van der Waals surface area contributed by atoms with Crippen molar-refractivity contribution in [3.63, 3.8) is 0 Å². The molecular weight excluding hydrogens is 144 g/mol. The highest BCUT2D eigenvalue weighted by Crippen LogP contribution is 1.98. The average Bonchev–Trinajstić information content (AvgIpc) is 2.05. The van der Waals surface area contributed by atoms with Crippen molar-refractivity contribution in [3.8, 4) is 6.07 Å². The fourth-order valence-electron chi connectivity index (χ4n) is 0.603. The molecule has 0 heterocycles. The second-order valence-electron chi connectivity index (χ2n) is 2.17. The molecule has 0 rings (SSSR count). The van der Waals surface area contributed by atoms with Gasteiger partial charge in [-0.05, 0) is 6.42 Å². The molecule has 0 aliphatic heterocycles. The van der Waals surface area contributed by atoms with Gasteiger partial charge in [0.2, 0.25) is 0 Å². The van der Waals surface area contributed by atoms with Gasteiger partial charge in [0, 0.05) is 13.7 Å². The van der Waals surface area contributed by atoms with Gasteiger partial charge < -0.3 is 15.2 Å². The largest absolute Gasteiger partial charge is 0.359 e. The van der Waals surface area contributed by atoms with Crippen molar-refractivity contribution in [2.45, 2.75) is 6.42 Å². The maximum Gasteiger partial charge on any atom is 0.146 e. The molecule has 1 unspecified atom stereocenters. The predicted molar refractivity (Wildman–Crippen MR) is 40.6 cm³/mol. The molecule has 0 aromatic carbocycles. The number of rotatable bonds is 6. The van der Waals surface area contributed by atoms with Gasteiger partial charge in [-0.1, -0.05) is 0 Å². The monoisotopic (exact) mass is 158 g/mol. The minimum atomic E-state index is -0.0909. The average molecular weight is 158 g/mol. The molecule has 0 aromatic heterocycles. The van der Waals surface area contributed by atoms with Gasteiger partial charge in [-0.15, -0.1) is 0 Å². The lowest BCUT2D eigenvalue weighted by atomic mass is 10.1. The quantitative estimate of drug-likeness (QED) is 0.439. The van der Waals surface area contributed by atoms with Crippen LogP contribution in [-0.4, -0.2) is 27.1 Å². The SMILES string of the molecule is COCOCCC(C#N)CN. The van der Waals surface area contributed by atoms with Crippen LogP contribution in [0.15, 0.2) is 0 Å². The van der Waals surface area contributed by atoms with Crippen molar-refractivity contribution in [2.75, 3.05) is 27.1 Å². The Labute approximate surface area is 66.9 Å². The van der Waals surface area contributed by atoms with Crippen molar-refractivity contribution < 1.29 is 9.47 Å². The van der Waals surface area contributed by atoms with E-state index in [1.807, 2.05) is 0 Å². The van der Waals surface area contributed by atoms with Gasteiger partial charge in [-0.2, -0.15) is 5.26 Å². The lowest BCUT2D eigenvalue weighted by Gasteiger charge is -2.05. The highest BCUT2D eigenvalue weighted by atomic mass is 16.7. The van der Waals surface area contributed by atoms with Crippen LogP contribution in [-0.2, 0) is 9.47 Å². The third-order valence-electron chi connectivity index (χ3n) is 1.28. The van der Waals surface area contributed by atoms with Crippen LogP contribution in [0.1, 0.15) is 6.42 Å². The Kier molecular flexibility index (Phi) is 7.05. The van der Waals surface area contributed by atoms with Crippen LogP contribution >= 0.6 is 0 Å². The Balaban J connectivity index is 3.16. The van der Waals surface area contributed by atoms with E-state index in [9.17, 15) is 0 Å². The summed E-state index contributed by atoms with van der Waals surface area (Å²) in [6.07, 6.45) is 0.677. The van der Waals surface area contributed by atoms with E-state index in [1.165, 1.54) is 0 Å². The second-order valence-corrected chi connectivity index (χ2v) is 2.17. The highest BCUT2D eigenvalue weighted by molar-refractivity contribution is 4.82. The maximum absolute atomic E-state index is 8.47. The van der Waals surface area contributed by atoms with Crippen LogP contribution in [0.3, 0.4) is 0 Å². The molecule has 0 saturated carbocycles. The Morgan fingerprint density at radius 1 is 1.64 bits per heavy atom. The fourth-order valence-corrected chi connectivity index (χ4v) is 0.603. The molecule has 0 aliphatic rings.